The third-order valence-electron chi connectivity index (χ3n) is 5.92. The Morgan fingerprint density at radius 1 is 1.12 bits per heavy atom. The van der Waals surface area contributed by atoms with E-state index in [0.29, 0.717) is 25.3 Å². The summed E-state index contributed by atoms with van der Waals surface area (Å²) in [6.45, 7) is 5.78. The van der Waals surface area contributed by atoms with E-state index < -0.39 is 11.6 Å². The molecule has 1 atom stereocenters. The first kappa shape index (κ1) is 19.1. The Morgan fingerprint density at radius 2 is 1.77 bits per heavy atom. The van der Waals surface area contributed by atoms with Gasteiger partial charge in [-0.2, -0.15) is 0 Å². The number of nitrogens with zero attached hydrogens (tertiary/aromatic N) is 2. The number of amides is 4. The molecule has 3 aliphatic rings. The first-order valence-electron chi connectivity index (χ1n) is 10.1. The van der Waals surface area contributed by atoms with Gasteiger partial charge in [0.25, 0.3) is 5.91 Å². The van der Waals surface area contributed by atoms with Crippen molar-refractivity contribution < 1.29 is 14.4 Å². The van der Waals surface area contributed by atoms with E-state index in [0.717, 1.165) is 43.8 Å². The van der Waals surface area contributed by atoms with E-state index in [2.05, 4.69) is 22.5 Å². The van der Waals surface area contributed by atoms with E-state index in [1.54, 1.807) is 0 Å². The van der Waals surface area contributed by atoms with Gasteiger partial charge in [-0.3, -0.25) is 14.5 Å². The van der Waals surface area contributed by atoms with Gasteiger partial charge in [-0.15, -0.1) is 0 Å². The number of carbonyl (C=O) groups is 3. The van der Waals surface area contributed by atoms with Gasteiger partial charge in [-0.25, -0.2) is 4.79 Å². The van der Waals surface area contributed by atoms with E-state index >= 15 is 0 Å². The maximum absolute atomic E-state index is 12.7. The first-order valence-corrected chi connectivity index (χ1v) is 10.1. The van der Waals surface area contributed by atoms with Crippen LogP contribution in [0.15, 0.2) is 0 Å². The molecule has 7 heteroatoms. The highest BCUT2D eigenvalue weighted by Gasteiger charge is 2.51. The van der Waals surface area contributed by atoms with E-state index in [4.69, 9.17) is 0 Å². The minimum atomic E-state index is -0.753. The highest BCUT2D eigenvalue weighted by molar-refractivity contribution is 6.09. The van der Waals surface area contributed by atoms with Crippen LogP contribution in [-0.2, 0) is 9.59 Å². The van der Waals surface area contributed by atoms with Crippen molar-refractivity contribution in [2.24, 2.45) is 5.92 Å². The van der Waals surface area contributed by atoms with Crippen LogP contribution in [0.25, 0.3) is 0 Å². The molecule has 26 heavy (non-hydrogen) atoms. The van der Waals surface area contributed by atoms with Crippen LogP contribution >= 0.6 is 0 Å². The maximum atomic E-state index is 12.7. The molecule has 3 fully saturated rings. The first-order chi connectivity index (χ1) is 12.5. The smallest absolute Gasteiger partial charge is 0.325 e. The lowest BCUT2D eigenvalue weighted by atomic mass is 9.82. The van der Waals surface area contributed by atoms with Crippen molar-refractivity contribution in [3.8, 4) is 0 Å². The zero-order valence-electron chi connectivity index (χ0n) is 15.9. The Bertz CT molecular complexity index is 539. The summed E-state index contributed by atoms with van der Waals surface area (Å²) >= 11 is 0. The summed E-state index contributed by atoms with van der Waals surface area (Å²) in [4.78, 5) is 40.7. The van der Waals surface area contributed by atoms with E-state index in [-0.39, 0.29) is 18.4 Å². The van der Waals surface area contributed by atoms with Crippen LogP contribution < -0.4 is 10.6 Å². The van der Waals surface area contributed by atoms with Crippen LogP contribution in [0, 0.1) is 5.92 Å². The lowest BCUT2D eigenvalue weighted by molar-refractivity contribution is -0.135. The summed E-state index contributed by atoms with van der Waals surface area (Å²) < 4.78 is 0. The number of rotatable bonds is 6. The molecule has 1 spiro atoms. The van der Waals surface area contributed by atoms with E-state index in [9.17, 15) is 14.4 Å². The number of likely N-dealkylation sites (tertiary alicyclic amines) is 1. The van der Waals surface area contributed by atoms with Crippen molar-refractivity contribution in [1.82, 2.24) is 20.4 Å². The zero-order valence-corrected chi connectivity index (χ0v) is 15.9. The van der Waals surface area contributed by atoms with Crippen LogP contribution in [0.1, 0.15) is 58.3 Å². The van der Waals surface area contributed by atoms with Crippen LogP contribution in [0.5, 0.6) is 0 Å². The van der Waals surface area contributed by atoms with Gasteiger partial charge in [0.15, 0.2) is 0 Å². The summed E-state index contributed by atoms with van der Waals surface area (Å²) in [5, 5.41) is 5.74. The molecule has 7 nitrogen and oxygen atoms in total. The second-order valence-corrected chi connectivity index (χ2v) is 8.23. The number of imide groups is 1. The number of hydrogen-bond donors (Lipinski definition) is 2. The van der Waals surface area contributed by atoms with Gasteiger partial charge in [0, 0.05) is 13.1 Å². The largest absolute Gasteiger partial charge is 0.354 e. The van der Waals surface area contributed by atoms with Crippen molar-refractivity contribution in [1.29, 1.82) is 0 Å². The fraction of sp³-hybridized carbons (Fsp3) is 0.842. The molecule has 2 saturated heterocycles. The van der Waals surface area contributed by atoms with Crippen LogP contribution in [0.3, 0.4) is 0 Å². The van der Waals surface area contributed by atoms with Crippen molar-refractivity contribution >= 4 is 17.8 Å². The third-order valence-corrected chi connectivity index (χ3v) is 5.92. The maximum Gasteiger partial charge on any atom is 0.325 e. The highest BCUT2D eigenvalue weighted by Crippen LogP contribution is 2.33. The van der Waals surface area contributed by atoms with Crippen molar-refractivity contribution in [2.45, 2.75) is 63.8 Å². The van der Waals surface area contributed by atoms with Gasteiger partial charge in [0.2, 0.25) is 5.91 Å². The summed E-state index contributed by atoms with van der Waals surface area (Å²) in [5.74, 6) is -0.129. The average Bonchev–Trinajstić information content (AvgIpc) is 2.85. The van der Waals surface area contributed by atoms with Gasteiger partial charge >= 0.3 is 6.03 Å². The second-order valence-electron chi connectivity index (χ2n) is 8.23. The standard InChI is InChI=1S/C19H32N4O3/c1-15(13-22-10-6-3-7-11-22)12-20-16(24)14-23-17(25)19(21-18(23)26)8-4-2-5-9-19/h15H,2-14H2,1H3,(H,20,24)(H,21,26). The topological polar surface area (TPSA) is 81.8 Å². The molecule has 0 aromatic heterocycles. The lowest BCUT2D eigenvalue weighted by Gasteiger charge is -2.30. The van der Waals surface area contributed by atoms with E-state index in [1.165, 1.54) is 19.3 Å². The number of urea groups is 1. The van der Waals surface area contributed by atoms with Gasteiger partial charge in [0.1, 0.15) is 12.1 Å². The van der Waals surface area contributed by atoms with Crippen LogP contribution in [-0.4, -0.2) is 65.9 Å². The zero-order chi connectivity index (χ0) is 18.6. The molecule has 0 aromatic carbocycles. The Kier molecular flexibility index (Phi) is 6.16. The Morgan fingerprint density at radius 3 is 2.46 bits per heavy atom. The Balaban J connectivity index is 1.44. The Hall–Kier alpha value is -1.63. The van der Waals surface area contributed by atoms with Crippen molar-refractivity contribution in [3.63, 3.8) is 0 Å². The van der Waals surface area contributed by atoms with E-state index in [1.807, 2.05) is 0 Å². The minimum Gasteiger partial charge on any atom is -0.354 e. The molecule has 4 amide bonds. The number of carbonyl (C=O) groups excluding carboxylic acids is 3. The fourth-order valence-corrected chi connectivity index (χ4v) is 4.45. The Labute approximate surface area is 155 Å². The number of piperidine rings is 1. The fourth-order valence-electron chi connectivity index (χ4n) is 4.45. The van der Waals surface area contributed by atoms with Gasteiger partial charge in [0.05, 0.1) is 0 Å². The SMILES string of the molecule is CC(CNC(=O)CN1C(=O)NC2(CCCCC2)C1=O)CN1CCCCC1. The number of hydrogen-bond acceptors (Lipinski definition) is 4. The molecule has 1 saturated carbocycles. The molecule has 0 aromatic rings. The second kappa shape index (κ2) is 8.37. The van der Waals surface area contributed by atoms with Crippen LogP contribution in [0.4, 0.5) is 4.79 Å². The minimum absolute atomic E-state index is 0.178. The normalized spacial score (nSPS) is 24.6. The molecule has 0 bridgehead atoms. The quantitative estimate of drug-likeness (QED) is 0.700. The summed E-state index contributed by atoms with van der Waals surface area (Å²) in [6.07, 6.45) is 8.18. The molecule has 1 unspecified atom stereocenters. The monoisotopic (exact) mass is 364 g/mol. The molecular weight excluding hydrogens is 332 g/mol. The predicted molar refractivity (Wildman–Crippen MR) is 98.5 cm³/mol. The molecule has 2 aliphatic heterocycles. The van der Waals surface area contributed by atoms with Crippen molar-refractivity contribution in [2.75, 3.05) is 32.7 Å². The molecule has 3 rings (SSSR count). The molecule has 2 N–H and O–H groups in total. The van der Waals surface area contributed by atoms with Gasteiger partial charge in [-0.1, -0.05) is 32.6 Å². The molecular formula is C19H32N4O3. The van der Waals surface area contributed by atoms with Gasteiger partial charge < -0.3 is 15.5 Å². The number of nitrogens with one attached hydrogen (secondary N) is 2. The van der Waals surface area contributed by atoms with Crippen LogP contribution in [0.2, 0.25) is 0 Å². The summed E-state index contributed by atoms with van der Waals surface area (Å²) in [5.41, 5.74) is -0.753. The molecule has 146 valence electrons. The molecule has 1 aliphatic carbocycles. The summed E-state index contributed by atoms with van der Waals surface area (Å²) in [7, 11) is 0. The van der Waals surface area contributed by atoms with Gasteiger partial charge in [-0.05, 0) is 44.7 Å². The lowest BCUT2D eigenvalue weighted by Crippen LogP contribution is -2.49. The third kappa shape index (κ3) is 4.37. The highest BCUT2D eigenvalue weighted by atomic mass is 16.2. The molecule has 2 heterocycles. The summed E-state index contributed by atoms with van der Waals surface area (Å²) in [6, 6.07) is -0.423. The average molecular weight is 364 g/mol. The molecule has 0 radical (unpaired) electrons. The predicted octanol–water partition coefficient (Wildman–Crippen LogP) is 1.48. The van der Waals surface area contributed by atoms with Crippen molar-refractivity contribution in [3.05, 3.63) is 0 Å².